The first-order valence-corrected chi connectivity index (χ1v) is 7.60. The van der Waals surface area contributed by atoms with Crippen LogP contribution >= 0.6 is 15.9 Å². The SMILES string of the molecule is Cc1cc(Br)c(C(=O)CCN2CCNCC2)cc1C. The smallest absolute Gasteiger partial charge is 0.165 e. The maximum Gasteiger partial charge on any atom is 0.165 e. The van der Waals surface area contributed by atoms with Crippen molar-refractivity contribution in [2.24, 2.45) is 0 Å². The lowest BCUT2D eigenvalue weighted by atomic mass is 10.0. The molecule has 0 aromatic heterocycles. The van der Waals surface area contributed by atoms with Gasteiger partial charge in [-0.15, -0.1) is 0 Å². The zero-order valence-corrected chi connectivity index (χ0v) is 13.2. The van der Waals surface area contributed by atoms with Gasteiger partial charge in [-0.05, 0) is 37.1 Å². The average molecular weight is 325 g/mol. The van der Waals surface area contributed by atoms with Crippen LogP contribution in [-0.4, -0.2) is 43.4 Å². The molecule has 4 heteroatoms. The molecule has 104 valence electrons. The van der Waals surface area contributed by atoms with Crippen LogP contribution < -0.4 is 5.32 Å². The van der Waals surface area contributed by atoms with E-state index in [9.17, 15) is 4.79 Å². The van der Waals surface area contributed by atoms with Crippen LogP contribution in [0, 0.1) is 13.8 Å². The number of piperazine rings is 1. The summed E-state index contributed by atoms with van der Waals surface area (Å²) in [5.41, 5.74) is 3.21. The molecule has 0 saturated carbocycles. The molecule has 1 aliphatic rings. The number of halogens is 1. The van der Waals surface area contributed by atoms with Crippen LogP contribution in [0.2, 0.25) is 0 Å². The van der Waals surface area contributed by atoms with Crippen LogP contribution in [0.3, 0.4) is 0 Å². The minimum atomic E-state index is 0.230. The van der Waals surface area contributed by atoms with Crippen molar-refractivity contribution in [3.63, 3.8) is 0 Å². The minimum Gasteiger partial charge on any atom is -0.314 e. The molecule has 1 aliphatic heterocycles. The van der Waals surface area contributed by atoms with Crippen molar-refractivity contribution in [2.75, 3.05) is 32.7 Å². The number of Topliss-reactive ketones (excluding diaryl/α,β-unsaturated/α-hetero) is 1. The van der Waals surface area contributed by atoms with Gasteiger partial charge in [0, 0.05) is 49.2 Å². The average Bonchev–Trinajstić information content (AvgIpc) is 2.41. The highest BCUT2D eigenvalue weighted by atomic mass is 79.9. The summed E-state index contributed by atoms with van der Waals surface area (Å²) in [6.45, 7) is 9.12. The summed E-state index contributed by atoms with van der Waals surface area (Å²) in [5, 5.41) is 3.32. The Kier molecular flexibility index (Phi) is 5.13. The Balaban J connectivity index is 1.97. The van der Waals surface area contributed by atoms with E-state index in [1.54, 1.807) is 0 Å². The lowest BCUT2D eigenvalue weighted by molar-refractivity contribution is 0.0960. The fraction of sp³-hybridized carbons (Fsp3) is 0.533. The molecular formula is C15H21BrN2O. The largest absolute Gasteiger partial charge is 0.314 e. The summed E-state index contributed by atoms with van der Waals surface area (Å²) in [6, 6.07) is 4.03. The molecule has 1 aromatic carbocycles. The van der Waals surface area contributed by atoms with Crippen molar-refractivity contribution >= 4 is 21.7 Å². The van der Waals surface area contributed by atoms with Gasteiger partial charge in [-0.2, -0.15) is 0 Å². The van der Waals surface area contributed by atoms with Crippen molar-refractivity contribution < 1.29 is 4.79 Å². The fourth-order valence-corrected chi connectivity index (χ4v) is 3.00. The van der Waals surface area contributed by atoms with E-state index in [0.29, 0.717) is 6.42 Å². The molecular weight excluding hydrogens is 304 g/mol. The van der Waals surface area contributed by atoms with Crippen LogP contribution in [0.15, 0.2) is 16.6 Å². The highest BCUT2D eigenvalue weighted by Gasteiger charge is 2.15. The molecule has 0 unspecified atom stereocenters. The van der Waals surface area contributed by atoms with Crippen molar-refractivity contribution in [3.05, 3.63) is 33.3 Å². The molecule has 0 atom stereocenters. The highest BCUT2D eigenvalue weighted by molar-refractivity contribution is 9.10. The third-order valence-corrected chi connectivity index (χ3v) is 4.40. The monoisotopic (exact) mass is 324 g/mol. The quantitative estimate of drug-likeness (QED) is 0.864. The molecule has 0 amide bonds. The predicted octanol–water partition coefficient (Wildman–Crippen LogP) is 2.54. The van der Waals surface area contributed by atoms with Crippen molar-refractivity contribution in [2.45, 2.75) is 20.3 Å². The van der Waals surface area contributed by atoms with Gasteiger partial charge in [-0.25, -0.2) is 0 Å². The van der Waals surface area contributed by atoms with Crippen LogP contribution in [0.25, 0.3) is 0 Å². The van der Waals surface area contributed by atoms with Crippen LogP contribution in [0.4, 0.5) is 0 Å². The number of ketones is 1. The van der Waals surface area contributed by atoms with E-state index in [1.807, 2.05) is 12.1 Å². The zero-order valence-electron chi connectivity index (χ0n) is 11.6. The Labute approximate surface area is 123 Å². The topological polar surface area (TPSA) is 32.3 Å². The second-order valence-corrected chi connectivity index (χ2v) is 6.04. The van der Waals surface area contributed by atoms with Gasteiger partial charge in [0.1, 0.15) is 0 Å². The molecule has 3 nitrogen and oxygen atoms in total. The summed E-state index contributed by atoms with van der Waals surface area (Å²) in [4.78, 5) is 14.6. The molecule has 1 fully saturated rings. The predicted molar refractivity (Wildman–Crippen MR) is 81.9 cm³/mol. The van der Waals surface area contributed by atoms with Gasteiger partial charge in [0.2, 0.25) is 0 Å². The van der Waals surface area contributed by atoms with Crippen LogP contribution in [0.5, 0.6) is 0 Å². The normalized spacial score (nSPS) is 16.6. The van der Waals surface area contributed by atoms with E-state index < -0.39 is 0 Å². The van der Waals surface area contributed by atoms with Gasteiger partial charge < -0.3 is 10.2 Å². The van der Waals surface area contributed by atoms with Gasteiger partial charge in [0.25, 0.3) is 0 Å². The first kappa shape index (κ1) is 14.7. The molecule has 1 N–H and O–H groups in total. The zero-order chi connectivity index (χ0) is 13.8. The third-order valence-electron chi connectivity index (χ3n) is 3.75. The number of hydrogen-bond acceptors (Lipinski definition) is 3. The molecule has 2 rings (SSSR count). The van der Waals surface area contributed by atoms with E-state index in [0.717, 1.165) is 42.8 Å². The van der Waals surface area contributed by atoms with Gasteiger partial charge in [-0.1, -0.05) is 15.9 Å². The van der Waals surface area contributed by atoms with Gasteiger partial charge in [0.05, 0.1) is 0 Å². The first-order valence-electron chi connectivity index (χ1n) is 6.81. The van der Waals surface area contributed by atoms with Crippen LogP contribution in [0.1, 0.15) is 27.9 Å². The van der Waals surface area contributed by atoms with Gasteiger partial charge in [-0.3, -0.25) is 4.79 Å². The summed E-state index contributed by atoms with van der Waals surface area (Å²) >= 11 is 3.50. The molecule has 0 radical (unpaired) electrons. The second kappa shape index (κ2) is 6.64. The molecule has 1 saturated heterocycles. The van der Waals surface area contributed by atoms with Crippen molar-refractivity contribution in [3.8, 4) is 0 Å². The standard InChI is InChI=1S/C15H21BrN2O/c1-11-9-13(14(16)10-12(11)2)15(19)3-6-18-7-4-17-5-8-18/h9-10,17H,3-8H2,1-2H3. The maximum atomic E-state index is 12.3. The number of hydrogen-bond donors (Lipinski definition) is 1. The fourth-order valence-electron chi connectivity index (χ4n) is 2.32. The Morgan fingerprint density at radius 2 is 1.89 bits per heavy atom. The van der Waals surface area contributed by atoms with E-state index in [1.165, 1.54) is 11.1 Å². The lowest BCUT2D eigenvalue weighted by Gasteiger charge is -2.26. The molecule has 1 aromatic rings. The molecule has 0 aliphatic carbocycles. The first-order chi connectivity index (χ1) is 9.08. The molecule has 0 spiro atoms. The minimum absolute atomic E-state index is 0.230. The summed E-state index contributed by atoms with van der Waals surface area (Å²) in [7, 11) is 0. The highest BCUT2D eigenvalue weighted by Crippen LogP contribution is 2.22. The Morgan fingerprint density at radius 1 is 1.26 bits per heavy atom. The van der Waals surface area contributed by atoms with Gasteiger partial charge >= 0.3 is 0 Å². The number of nitrogens with one attached hydrogen (secondary N) is 1. The maximum absolute atomic E-state index is 12.3. The van der Waals surface area contributed by atoms with Gasteiger partial charge in [0.15, 0.2) is 5.78 Å². The number of benzene rings is 1. The number of aryl methyl sites for hydroxylation is 2. The van der Waals surface area contributed by atoms with Crippen LogP contribution in [-0.2, 0) is 0 Å². The third kappa shape index (κ3) is 3.88. The summed E-state index contributed by atoms with van der Waals surface area (Å²) in [6.07, 6.45) is 0.598. The number of carbonyl (C=O) groups is 1. The Hall–Kier alpha value is -0.710. The van der Waals surface area contributed by atoms with Crippen molar-refractivity contribution in [1.29, 1.82) is 0 Å². The van der Waals surface area contributed by atoms with E-state index >= 15 is 0 Å². The number of nitrogens with zero attached hydrogens (tertiary/aromatic N) is 1. The Bertz CT molecular complexity index is 467. The lowest BCUT2D eigenvalue weighted by Crippen LogP contribution is -2.44. The molecule has 19 heavy (non-hydrogen) atoms. The Morgan fingerprint density at radius 3 is 2.58 bits per heavy atom. The van der Waals surface area contributed by atoms with E-state index in [2.05, 4.69) is 40.0 Å². The number of carbonyl (C=O) groups excluding carboxylic acids is 1. The van der Waals surface area contributed by atoms with Crippen molar-refractivity contribution in [1.82, 2.24) is 10.2 Å². The summed E-state index contributed by atoms with van der Waals surface area (Å²) in [5.74, 6) is 0.230. The van der Waals surface area contributed by atoms with E-state index in [4.69, 9.17) is 0 Å². The molecule has 1 heterocycles. The second-order valence-electron chi connectivity index (χ2n) is 5.18. The number of rotatable bonds is 4. The summed E-state index contributed by atoms with van der Waals surface area (Å²) < 4.78 is 0.918. The van der Waals surface area contributed by atoms with E-state index in [-0.39, 0.29) is 5.78 Å². The molecule has 0 bridgehead atoms.